The molecule has 2 aromatic carbocycles. The first-order valence-corrected chi connectivity index (χ1v) is 8.13. The molecule has 0 aromatic heterocycles. The van der Waals surface area contributed by atoms with Gasteiger partial charge >= 0.3 is 0 Å². The number of rotatable bonds is 5. The maximum absolute atomic E-state index is 12.0. The molecule has 0 spiro atoms. The third-order valence-corrected chi connectivity index (χ3v) is 3.98. The van der Waals surface area contributed by atoms with Gasteiger partial charge in [-0.2, -0.15) is 0 Å². The number of nitrogens with zero attached hydrogens (tertiary/aromatic N) is 1. The average Bonchev–Trinajstić information content (AvgIpc) is 2.94. The van der Waals surface area contributed by atoms with Gasteiger partial charge in [-0.1, -0.05) is 12.1 Å². The van der Waals surface area contributed by atoms with Gasteiger partial charge in [-0.15, -0.1) is 0 Å². The summed E-state index contributed by atoms with van der Waals surface area (Å²) in [4.78, 5) is 14.0. The molecule has 126 valence electrons. The molecular weight excluding hydrogens is 304 g/mol. The van der Waals surface area contributed by atoms with Gasteiger partial charge in [0.1, 0.15) is 11.5 Å². The number of benzene rings is 2. The van der Waals surface area contributed by atoms with E-state index in [0.717, 1.165) is 35.7 Å². The van der Waals surface area contributed by atoms with Gasteiger partial charge in [0.2, 0.25) is 5.91 Å². The third kappa shape index (κ3) is 4.57. The minimum atomic E-state index is -0.309. The van der Waals surface area contributed by atoms with Crippen molar-refractivity contribution in [3.63, 3.8) is 0 Å². The van der Waals surface area contributed by atoms with Crippen LogP contribution in [0.15, 0.2) is 48.5 Å². The van der Waals surface area contributed by atoms with Crippen molar-refractivity contribution in [3.8, 4) is 11.5 Å². The minimum absolute atomic E-state index is 0.0727. The number of amides is 1. The Morgan fingerprint density at radius 1 is 1.25 bits per heavy atom. The van der Waals surface area contributed by atoms with Crippen LogP contribution in [0.3, 0.4) is 0 Å². The minimum Gasteiger partial charge on any atom is -0.457 e. The molecule has 1 amide bonds. The van der Waals surface area contributed by atoms with Crippen molar-refractivity contribution in [2.45, 2.75) is 19.4 Å². The first-order chi connectivity index (χ1) is 11.6. The maximum atomic E-state index is 12.0. The highest BCUT2D eigenvalue weighted by Gasteiger charge is 2.21. The Balaban J connectivity index is 1.53. The molecule has 2 N–H and O–H groups in total. The molecule has 1 aliphatic rings. The lowest BCUT2D eigenvalue weighted by Gasteiger charge is -2.14. The van der Waals surface area contributed by atoms with Crippen LogP contribution in [0, 0.1) is 6.92 Å². The SMILES string of the molecule is Cc1cccc(Oc2ccc(NC(=O)CN3CC[C@H](O)C3)cc2)c1. The van der Waals surface area contributed by atoms with Gasteiger partial charge in [0, 0.05) is 18.8 Å². The van der Waals surface area contributed by atoms with Crippen molar-refractivity contribution in [1.82, 2.24) is 4.90 Å². The molecule has 0 aliphatic carbocycles. The lowest BCUT2D eigenvalue weighted by atomic mass is 10.2. The van der Waals surface area contributed by atoms with Crippen molar-refractivity contribution in [1.29, 1.82) is 0 Å². The number of β-amino-alcohol motifs (C(OH)–C–C–N with tert-alkyl or cyclic N) is 1. The Kier molecular flexibility index (Phi) is 5.13. The fourth-order valence-electron chi connectivity index (χ4n) is 2.78. The number of carbonyl (C=O) groups excluding carboxylic acids is 1. The van der Waals surface area contributed by atoms with E-state index in [-0.39, 0.29) is 12.0 Å². The molecule has 0 saturated carbocycles. The summed E-state index contributed by atoms with van der Waals surface area (Å²) in [5, 5.41) is 12.3. The predicted octanol–water partition coefficient (Wildman–Crippen LogP) is 2.79. The summed E-state index contributed by atoms with van der Waals surface area (Å²) in [6.45, 7) is 3.65. The molecule has 5 heteroatoms. The van der Waals surface area contributed by atoms with Gasteiger partial charge in [-0.05, 0) is 55.3 Å². The van der Waals surface area contributed by atoms with Crippen molar-refractivity contribution >= 4 is 11.6 Å². The molecule has 3 rings (SSSR count). The number of aliphatic hydroxyl groups is 1. The van der Waals surface area contributed by atoms with Gasteiger partial charge in [0.05, 0.1) is 12.6 Å². The smallest absolute Gasteiger partial charge is 0.238 e. The van der Waals surface area contributed by atoms with Gasteiger partial charge in [0.15, 0.2) is 0 Å². The molecule has 2 aromatic rings. The molecule has 1 atom stereocenters. The van der Waals surface area contributed by atoms with Crippen LogP contribution >= 0.6 is 0 Å². The summed E-state index contributed by atoms with van der Waals surface area (Å²) in [5.41, 5.74) is 1.87. The van der Waals surface area contributed by atoms with E-state index in [0.29, 0.717) is 13.1 Å². The number of carbonyl (C=O) groups is 1. The second-order valence-corrected chi connectivity index (χ2v) is 6.17. The summed E-state index contributed by atoms with van der Waals surface area (Å²) < 4.78 is 5.79. The zero-order chi connectivity index (χ0) is 16.9. The molecular formula is C19H22N2O3. The van der Waals surface area contributed by atoms with Gasteiger partial charge < -0.3 is 15.2 Å². The fourth-order valence-corrected chi connectivity index (χ4v) is 2.78. The lowest BCUT2D eigenvalue weighted by Crippen LogP contribution is -2.32. The number of aliphatic hydroxyl groups excluding tert-OH is 1. The Labute approximate surface area is 141 Å². The Morgan fingerprint density at radius 2 is 2.04 bits per heavy atom. The van der Waals surface area contributed by atoms with Gasteiger partial charge in [0.25, 0.3) is 0 Å². The highest BCUT2D eigenvalue weighted by molar-refractivity contribution is 5.92. The second kappa shape index (κ2) is 7.47. The van der Waals surface area contributed by atoms with Crippen LogP contribution in [0.1, 0.15) is 12.0 Å². The molecule has 1 saturated heterocycles. The second-order valence-electron chi connectivity index (χ2n) is 6.17. The molecule has 0 bridgehead atoms. The number of ether oxygens (including phenoxy) is 1. The van der Waals surface area contributed by atoms with E-state index in [2.05, 4.69) is 5.32 Å². The van der Waals surface area contributed by atoms with Crippen LogP contribution in [-0.2, 0) is 4.79 Å². The van der Waals surface area contributed by atoms with Crippen LogP contribution in [0.5, 0.6) is 11.5 Å². The molecule has 1 aliphatic heterocycles. The van der Waals surface area contributed by atoms with Crippen LogP contribution in [0.2, 0.25) is 0 Å². The quantitative estimate of drug-likeness (QED) is 0.887. The molecule has 0 radical (unpaired) electrons. The Morgan fingerprint density at radius 3 is 2.71 bits per heavy atom. The summed E-state index contributed by atoms with van der Waals surface area (Å²) >= 11 is 0. The number of likely N-dealkylation sites (tertiary alicyclic amines) is 1. The maximum Gasteiger partial charge on any atom is 0.238 e. The monoisotopic (exact) mass is 326 g/mol. The zero-order valence-corrected chi connectivity index (χ0v) is 13.7. The first kappa shape index (κ1) is 16.5. The van der Waals surface area contributed by atoms with E-state index >= 15 is 0 Å². The molecule has 1 heterocycles. The van der Waals surface area contributed by atoms with E-state index in [1.807, 2.05) is 60.4 Å². The van der Waals surface area contributed by atoms with E-state index in [1.165, 1.54) is 0 Å². The Hall–Kier alpha value is -2.37. The summed E-state index contributed by atoms with van der Waals surface area (Å²) in [6.07, 6.45) is 0.425. The van der Waals surface area contributed by atoms with Gasteiger partial charge in [-0.25, -0.2) is 0 Å². The first-order valence-electron chi connectivity index (χ1n) is 8.13. The largest absolute Gasteiger partial charge is 0.457 e. The summed E-state index contributed by atoms with van der Waals surface area (Å²) in [5.74, 6) is 1.44. The van der Waals surface area contributed by atoms with E-state index in [4.69, 9.17) is 4.74 Å². The summed E-state index contributed by atoms with van der Waals surface area (Å²) in [7, 11) is 0. The summed E-state index contributed by atoms with van der Waals surface area (Å²) in [6, 6.07) is 15.2. The molecule has 0 unspecified atom stereocenters. The van der Waals surface area contributed by atoms with Crippen molar-refractivity contribution in [2.75, 3.05) is 25.0 Å². The van der Waals surface area contributed by atoms with E-state index < -0.39 is 0 Å². The average molecular weight is 326 g/mol. The van der Waals surface area contributed by atoms with E-state index in [1.54, 1.807) is 0 Å². The zero-order valence-electron chi connectivity index (χ0n) is 13.7. The van der Waals surface area contributed by atoms with Crippen molar-refractivity contribution in [3.05, 3.63) is 54.1 Å². The van der Waals surface area contributed by atoms with Crippen LogP contribution in [0.25, 0.3) is 0 Å². The number of nitrogens with one attached hydrogen (secondary N) is 1. The van der Waals surface area contributed by atoms with Crippen molar-refractivity contribution < 1.29 is 14.6 Å². The highest BCUT2D eigenvalue weighted by Crippen LogP contribution is 2.23. The van der Waals surface area contributed by atoms with Crippen LogP contribution in [0.4, 0.5) is 5.69 Å². The fraction of sp³-hybridized carbons (Fsp3) is 0.316. The van der Waals surface area contributed by atoms with E-state index in [9.17, 15) is 9.90 Å². The molecule has 5 nitrogen and oxygen atoms in total. The number of hydrogen-bond donors (Lipinski definition) is 2. The van der Waals surface area contributed by atoms with Gasteiger partial charge in [-0.3, -0.25) is 9.69 Å². The normalized spacial score (nSPS) is 17.7. The van der Waals surface area contributed by atoms with Crippen LogP contribution < -0.4 is 10.1 Å². The third-order valence-electron chi connectivity index (χ3n) is 3.98. The molecule has 1 fully saturated rings. The standard InChI is InChI=1S/C19H22N2O3/c1-14-3-2-4-18(11-14)24-17-7-5-15(6-8-17)20-19(23)13-21-10-9-16(22)12-21/h2-8,11,16,22H,9-10,12-13H2,1H3,(H,20,23)/t16-/m0/s1. The molecule has 24 heavy (non-hydrogen) atoms. The van der Waals surface area contributed by atoms with Crippen LogP contribution in [-0.4, -0.2) is 41.7 Å². The predicted molar refractivity (Wildman–Crippen MR) is 93.4 cm³/mol. The Bertz CT molecular complexity index is 700. The highest BCUT2D eigenvalue weighted by atomic mass is 16.5. The lowest BCUT2D eigenvalue weighted by molar-refractivity contribution is -0.117. The number of hydrogen-bond acceptors (Lipinski definition) is 4. The number of anilines is 1. The topological polar surface area (TPSA) is 61.8 Å². The van der Waals surface area contributed by atoms with Crippen molar-refractivity contribution in [2.24, 2.45) is 0 Å². The number of aryl methyl sites for hydroxylation is 1.